The van der Waals surface area contributed by atoms with Crippen molar-refractivity contribution in [2.45, 2.75) is 32.7 Å². The first-order chi connectivity index (χ1) is 13.9. The van der Waals surface area contributed by atoms with Gasteiger partial charge in [-0.2, -0.15) is 0 Å². The molecular formula is C25H28N2O2. The molecule has 1 N–H and O–H groups in total. The summed E-state index contributed by atoms with van der Waals surface area (Å²) in [6, 6.07) is 13.2. The first-order valence-corrected chi connectivity index (χ1v) is 10.1. The van der Waals surface area contributed by atoms with E-state index in [1.165, 1.54) is 11.1 Å². The molecule has 29 heavy (non-hydrogen) atoms. The Kier molecular flexibility index (Phi) is 5.05. The molecule has 2 aromatic carbocycles. The van der Waals surface area contributed by atoms with Crippen molar-refractivity contribution in [2.75, 3.05) is 20.2 Å². The van der Waals surface area contributed by atoms with Crippen LogP contribution in [0.2, 0.25) is 0 Å². The molecule has 1 aliphatic heterocycles. The van der Waals surface area contributed by atoms with E-state index >= 15 is 0 Å². The second-order valence-electron chi connectivity index (χ2n) is 8.62. The molecule has 0 radical (unpaired) electrons. The van der Waals surface area contributed by atoms with Gasteiger partial charge < -0.3 is 9.72 Å². The monoisotopic (exact) mass is 388 g/mol. The van der Waals surface area contributed by atoms with Crippen LogP contribution in [0.25, 0.3) is 16.5 Å². The van der Waals surface area contributed by atoms with E-state index in [1.807, 2.05) is 36.4 Å². The summed E-state index contributed by atoms with van der Waals surface area (Å²) in [5, 5.41) is 1.11. The molecule has 2 heterocycles. The topological polar surface area (TPSA) is 45.3 Å². The summed E-state index contributed by atoms with van der Waals surface area (Å²) >= 11 is 0. The molecule has 1 aliphatic rings. The van der Waals surface area contributed by atoms with Gasteiger partial charge in [-0.3, -0.25) is 9.69 Å². The van der Waals surface area contributed by atoms with Crippen molar-refractivity contribution in [3.8, 4) is 5.75 Å². The summed E-state index contributed by atoms with van der Waals surface area (Å²) < 4.78 is 5.26. The number of carbonyl (C=O) groups is 1. The quantitative estimate of drug-likeness (QED) is 0.617. The summed E-state index contributed by atoms with van der Waals surface area (Å²) in [4.78, 5) is 18.9. The molecule has 1 aromatic heterocycles. The SMILES string of the molecule is COc1cccc(C(=O)c2ccc3[nH]cc(C4=CCN(C(C)(C)C)CC4)c3c2)c1. The molecule has 3 aromatic rings. The number of carbonyl (C=O) groups excluding carboxylic acids is 1. The summed E-state index contributed by atoms with van der Waals surface area (Å²) in [5.74, 6) is 0.699. The Balaban J connectivity index is 1.67. The highest BCUT2D eigenvalue weighted by Crippen LogP contribution is 2.32. The Morgan fingerprint density at radius 2 is 1.90 bits per heavy atom. The van der Waals surface area contributed by atoms with Crippen molar-refractivity contribution in [1.29, 1.82) is 0 Å². The number of rotatable bonds is 4. The van der Waals surface area contributed by atoms with Crippen molar-refractivity contribution in [3.05, 3.63) is 71.4 Å². The van der Waals surface area contributed by atoms with Gasteiger partial charge in [-0.1, -0.05) is 18.2 Å². The van der Waals surface area contributed by atoms with Gasteiger partial charge >= 0.3 is 0 Å². The minimum atomic E-state index is 0.00878. The maximum absolute atomic E-state index is 13.0. The Hall–Kier alpha value is -2.85. The van der Waals surface area contributed by atoms with Crippen LogP contribution in [0.15, 0.2) is 54.7 Å². The van der Waals surface area contributed by atoms with E-state index in [1.54, 1.807) is 13.2 Å². The molecule has 0 atom stereocenters. The van der Waals surface area contributed by atoms with Crippen LogP contribution in [-0.2, 0) is 0 Å². The third-order valence-electron chi connectivity index (χ3n) is 5.78. The summed E-state index contributed by atoms with van der Waals surface area (Å²) in [6.45, 7) is 8.77. The molecule has 4 nitrogen and oxygen atoms in total. The van der Waals surface area contributed by atoms with Gasteiger partial charge in [0.25, 0.3) is 0 Å². The van der Waals surface area contributed by atoms with E-state index in [9.17, 15) is 4.79 Å². The number of hydrogen-bond acceptors (Lipinski definition) is 3. The van der Waals surface area contributed by atoms with E-state index in [2.05, 4.69) is 42.9 Å². The number of benzene rings is 2. The highest BCUT2D eigenvalue weighted by Gasteiger charge is 2.24. The van der Waals surface area contributed by atoms with Crippen LogP contribution in [0.4, 0.5) is 0 Å². The van der Waals surface area contributed by atoms with E-state index in [0.29, 0.717) is 16.9 Å². The Morgan fingerprint density at radius 1 is 1.10 bits per heavy atom. The number of fused-ring (bicyclic) bond motifs is 1. The fraction of sp³-hybridized carbons (Fsp3) is 0.320. The minimum absolute atomic E-state index is 0.00878. The van der Waals surface area contributed by atoms with Gasteiger partial charge in [0, 0.05) is 52.4 Å². The number of ether oxygens (including phenoxy) is 1. The maximum Gasteiger partial charge on any atom is 0.193 e. The van der Waals surface area contributed by atoms with E-state index in [-0.39, 0.29) is 11.3 Å². The predicted octanol–water partition coefficient (Wildman–Crippen LogP) is 5.30. The number of nitrogens with zero attached hydrogens (tertiary/aromatic N) is 1. The molecule has 0 fully saturated rings. The van der Waals surface area contributed by atoms with Gasteiger partial charge in [0.1, 0.15) is 5.75 Å². The smallest absolute Gasteiger partial charge is 0.193 e. The van der Waals surface area contributed by atoms with Gasteiger partial charge in [0.05, 0.1) is 7.11 Å². The van der Waals surface area contributed by atoms with Crippen molar-refractivity contribution < 1.29 is 9.53 Å². The first-order valence-electron chi connectivity index (χ1n) is 10.1. The highest BCUT2D eigenvalue weighted by molar-refractivity contribution is 6.11. The van der Waals surface area contributed by atoms with Gasteiger partial charge in [0.2, 0.25) is 0 Å². The molecule has 0 saturated heterocycles. The van der Waals surface area contributed by atoms with Crippen LogP contribution in [0, 0.1) is 0 Å². The molecule has 4 heteroatoms. The summed E-state index contributed by atoms with van der Waals surface area (Å²) in [5.41, 5.74) is 5.12. The maximum atomic E-state index is 13.0. The molecule has 0 bridgehead atoms. The lowest BCUT2D eigenvalue weighted by Gasteiger charge is -2.37. The number of methoxy groups -OCH3 is 1. The third-order valence-corrected chi connectivity index (χ3v) is 5.78. The fourth-order valence-electron chi connectivity index (χ4n) is 3.98. The van der Waals surface area contributed by atoms with Gasteiger partial charge in [-0.05, 0) is 63.1 Å². The lowest BCUT2D eigenvalue weighted by molar-refractivity contribution is 0.103. The number of hydrogen-bond donors (Lipinski definition) is 1. The molecule has 150 valence electrons. The summed E-state index contributed by atoms with van der Waals surface area (Å²) in [6.07, 6.45) is 5.41. The average Bonchev–Trinajstić information content (AvgIpc) is 3.16. The molecular weight excluding hydrogens is 360 g/mol. The standard InChI is InChI=1S/C25H28N2O2/c1-25(2,3)27-12-10-17(11-13-27)22-16-26-23-9-8-19(15-21(22)23)24(28)18-6-5-7-20(14-18)29-4/h5-10,14-16,26H,11-13H2,1-4H3. The zero-order valence-electron chi connectivity index (χ0n) is 17.6. The second kappa shape index (κ2) is 7.53. The van der Waals surface area contributed by atoms with Crippen molar-refractivity contribution in [1.82, 2.24) is 9.88 Å². The zero-order chi connectivity index (χ0) is 20.6. The average molecular weight is 389 g/mol. The van der Waals surface area contributed by atoms with E-state index in [4.69, 9.17) is 4.74 Å². The van der Waals surface area contributed by atoms with E-state index in [0.717, 1.165) is 30.4 Å². The minimum Gasteiger partial charge on any atom is -0.497 e. The Bertz CT molecular complexity index is 1090. The molecule has 0 aliphatic carbocycles. The number of ketones is 1. The van der Waals surface area contributed by atoms with Gasteiger partial charge in [-0.15, -0.1) is 0 Å². The lowest BCUT2D eigenvalue weighted by Crippen LogP contribution is -2.43. The zero-order valence-corrected chi connectivity index (χ0v) is 17.6. The molecule has 0 amide bonds. The number of aromatic amines is 1. The molecule has 4 rings (SSSR count). The van der Waals surface area contributed by atoms with Gasteiger partial charge in [-0.25, -0.2) is 0 Å². The largest absolute Gasteiger partial charge is 0.497 e. The van der Waals surface area contributed by atoms with Crippen LogP contribution in [-0.4, -0.2) is 41.4 Å². The van der Waals surface area contributed by atoms with Crippen molar-refractivity contribution in [3.63, 3.8) is 0 Å². The predicted molar refractivity (Wildman–Crippen MR) is 119 cm³/mol. The van der Waals surface area contributed by atoms with Gasteiger partial charge in [0.15, 0.2) is 5.78 Å². The second-order valence-corrected chi connectivity index (χ2v) is 8.62. The highest BCUT2D eigenvalue weighted by atomic mass is 16.5. The van der Waals surface area contributed by atoms with E-state index < -0.39 is 0 Å². The van der Waals surface area contributed by atoms with Crippen molar-refractivity contribution in [2.24, 2.45) is 0 Å². The number of nitrogens with one attached hydrogen (secondary N) is 1. The van der Waals surface area contributed by atoms with Crippen LogP contribution >= 0.6 is 0 Å². The molecule has 0 saturated carbocycles. The van der Waals surface area contributed by atoms with Crippen LogP contribution in [0.1, 0.15) is 48.7 Å². The molecule has 0 spiro atoms. The number of H-pyrrole nitrogens is 1. The third kappa shape index (κ3) is 3.85. The first kappa shape index (κ1) is 19.5. The fourth-order valence-corrected chi connectivity index (χ4v) is 3.98. The van der Waals surface area contributed by atoms with Crippen LogP contribution in [0.5, 0.6) is 5.75 Å². The van der Waals surface area contributed by atoms with Crippen molar-refractivity contribution >= 4 is 22.3 Å². The Morgan fingerprint density at radius 3 is 2.59 bits per heavy atom. The van der Waals surface area contributed by atoms with Crippen LogP contribution < -0.4 is 4.74 Å². The van der Waals surface area contributed by atoms with Crippen LogP contribution in [0.3, 0.4) is 0 Å². The number of aromatic nitrogens is 1. The molecule has 0 unspecified atom stereocenters. The lowest BCUT2D eigenvalue weighted by atomic mass is 9.94. The normalized spacial score (nSPS) is 15.4. The Labute approximate surface area is 172 Å². The summed E-state index contributed by atoms with van der Waals surface area (Å²) in [7, 11) is 1.61.